The molecular formula is C10H13N3O. The first-order valence-electron chi connectivity index (χ1n) is 4.41. The molecule has 1 rings (SSSR count). The van der Waals surface area contributed by atoms with E-state index >= 15 is 0 Å². The Kier molecular flexibility index (Phi) is 3.51. The third kappa shape index (κ3) is 2.49. The third-order valence-electron chi connectivity index (χ3n) is 2.11. The van der Waals surface area contributed by atoms with Gasteiger partial charge in [0.2, 0.25) is 0 Å². The number of hydrogen-bond donors (Lipinski definition) is 1. The van der Waals surface area contributed by atoms with Crippen LogP contribution in [0.5, 0.6) is 0 Å². The quantitative estimate of drug-likeness (QED) is 0.445. The molecule has 1 N–H and O–H groups in total. The van der Waals surface area contributed by atoms with Gasteiger partial charge in [-0.1, -0.05) is 28.9 Å². The summed E-state index contributed by atoms with van der Waals surface area (Å²) in [6.07, 6.45) is -0.703. The molecule has 0 aromatic heterocycles. The molecule has 4 heteroatoms. The second-order valence-electron chi connectivity index (χ2n) is 3.29. The highest BCUT2D eigenvalue weighted by atomic mass is 16.3. The van der Waals surface area contributed by atoms with E-state index in [0.29, 0.717) is 0 Å². The molecule has 0 aliphatic rings. The van der Waals surface area contributed by atoms with Gasteiger partial charge in [-0.2, -0.15) is 0 Å². The summed E-state index contributed by atoms with van der Waals surface area (Å²) < 4.78 is 0. The fraction of sp³-hybridized carbons (Fsp3) is 0.400. The van der Waals surface area contributed by atoms with Crippen LogP contribution in [0.1, 0.15) is 22.8 Å². The van der Waals surface area contributed by atoms with Crippen LogP contribution in [-0.2, 0) is 0 Å². The molecule has 1 aromatic carbocycles. The molecule has 0 spiro atoms. The zero-order chi connectivity index (χ0) is 10.6. The van der Waals surface area contributed by atoms with Crippen molar-refractivity contribution < 1.29 is 5.11 Å². The van der Waals surface area contributed by atoms with E-state index in [2.05, 4.69) is 10.0 Å². The van der Waals surface area contributed by atoms with Crippen LogP contribution in [0.3, 0.4) is 0 Å². The molecule has 0 aliphatic heterocycles. The van der Waals surface area contributed by atoms with Crippen molar-refractivity contribution >= 4 is 0 Å². The molecule has 0 fully saturated rings. The van der Waals surface area contributed by atoms with Gasteiger partial charge in [0.1, 0.15) is 0 Å². The van der Waals surface area contributed by atoms with Crippen molar-refractivity contribution in [1.82, 2.24) is 0 Å². The molecular weight excluding hydrogens is 178 g/mol. The second kappa shape index (κ2) is 4.65. The minimum absolute atomic E-state index is 0.0841. The maximum atomic E-state index is 9.69. The zero-order valence-electron chi connectivity index (χ0n) is 8.31. The van der Waals surface area contributed by atoms with E-state index in [9.17, 15) is 5.11 Å². The largest absolute Gasteiger partial charge is 0.388 e. The zero-order valence-corrected chi connectivity index (χ0v) is 8.31. The lowest BCUT2D eigenvalue weighted by molar-refractivity contribution is 0.186. The lowest BCUT2D eigenvalue weighted by Gasteiger charge is -2.11. The number of rotatable bonds is 3. The SMILES string of the molecule is Cc1ccc(C)c(C(O)CN=[N+]=[N-])c1. The minimum atomic E-state index is -0.703. The highest BCUT2D eigenvalue weighted by molar-refractivity contribution is 5.32. The average Bonchev–Trinajstić information content (AvgIpc) is 2.18. The van der Waals surface area contributed by atoms with Crippen molar-refractivity contribution in [1.29, 1.82) is 0 Å². The van der Waals surface area contributed by atoms with E-state index in [-0.39, 0.29) is 6.54 Å². The van der Waals surface area contributed by atoms with Crippen LogP contribution in [0, 0.1) is 13.8 Å². The summed E-state index contributed by atoms with van der Waals surface area (Å²) in [5, 5.41) is 13.0. The van der Waals surface area contributed by atoms with Gasteiger partial charge in [0.05, 0.1) is 12.6 Å². The number of aliphatic hydroxyl groups excluding tert-OH is 1. The summed E-state index contributed by atoms with van der Waals surface area (Å²) in [4.78, 5) is 2.62. The number of nitrogens with zero attached hydrogens (tertiary/aromatic N) is 3. The van der Waals surface area contributed by atoms with Crippen LogP contribution < -0.4 is 0 Å². The van der Waals surface area contributed by atoms with Crippen LogP contribution in [-0.4, -0.2) is 11.7 Å². The van der Waals surface area contributed by atoms with Gasteiger partial charge >= 0.3 is 0 Å². The van der Waals surface area contributed by atoms with Gasteiger partial charge in [0.15, 0.2) is 0 Å². The van der Waals surface area contributed by atoms with Crippen LogP contribution in [0.25, 0.3) is 10.4 Å². The fourth-order valence-corrected chi connectivity index (χ4v) is 1.33. The highest BCUT2D eigenvalue weighted by Crippen LogP contribution is 2.19. The molecule has 0 amide bonds. The molecule has 1 unspecified atom stereocenters. The molecule has 74 valence electrons. The van der Waals surface area contributed by atoms with Crippen LogP contribution >= 0.6 is 0 Å². The van der Waals surface area contributed by atoms with E-state index < -0.39 is 6.10 Å². The number of aryl methyl sites for hydroxylation is 2. The predicted molar refractivity (Wildman–Crippen MR) is 54.9 cm³/mol. The molecule has 1 aromatic rings. The molecule has 0 aliphatic carbocycles. The van der Waals surface area contributed by atoms with Crippen molar-refractivity contribution in [2.75, 3.05) is 6.54 Å². The van der Waals surface area contributed by atoms with Crippen molar-refractivity contribution in [3.63, 3.8) is 0 Å². The van der Waals surface area contributed by atoms with E-state index in [1.54, 1.807) is 0 Å². The molecule has 0 heterocycles. The average molecular weight is 191 g/mol. The van der Waals surface area contributed by atoms with Gasteiger partial charge in [-0.05, 0) is 30.5 Å². The normalized spacial score (nSPS) is 11.9. The van der Waals surface area contributed by atoms with E-state index in [0.717, 1.165) is 16.7 Å². The summed E-state index contributed by atoms with van der Waals surface area (Å²) in [5.74, 6) is 0. The number of hydrogen-bond acceptors (Lipinski definition) is 2. The first kappa shape index (κ1) is 10.6. The van der Waals surface area contributed by atoms with Gasteiger partial charge in [0, 0.05) is 4.91 Å². The predicted octanol–water partition coefficient (Wildman–Crippen LogP) is 2.65. The van der Waals surface area contributed by atoms with E-state index in [1.807, 2.05) is 32.0 Å². The monoisotopic (exact) mass is 191 g/mol. The maximum absolute atomic E-state index is 9.69. The molecule has 0 bridgehead atoms. The third-order valence-corrected chi connectivity index (χ3v) is 2.11. The van der Waals surface area contributed by atoms with Gasteiger partial charge in [-0.15, -0.1) is 0 Å². The lowest BCUT2D eigenvalue weighted by atomic mass is 10.0. The first-order chi connectivity index (χ1) is 6.65. The van der Waals surface area contributed by atoms with Gasteiger partial charge in [-0.3, -0.25) is 0 Å². The fourth-order valence-electron chi connectivity index (χ4n) is 1.33. The molecule has 0 radical (unpaired) electrons. The maximum Gasteiger partial charge on any atom is 0.0849 e. The molecule has 0 saturated carbocycles. The highest BCUT2D eigenvalue weighted by Gasteiger charge is 2.08. The van der Waals surface area contributed by atoms with Gasteiger partial charge in [-0.25, -0.2) is 0 Å². The van der Waals surface area contributed by atoms with Gasteiger partial charge in [0.25, 0.3) is 0 Å². The molecule has 1 atom stereocenters. The molecule has 0 saturated heterocycles. The number of benzene rings is 1. The van der Waals surface area contributed by atoms with E-state index in [4.69, 9.17) is 5.53 Å². The smallest absolute Gasteiger partial charge is 0.0849 e. The van der Waals surface area contributed by atoms with Crippen molar-refractivity contribution in [3.8, 4) is 0 Å². The summed E-state index contributed by atoms with van der Waals surface area (Å²) in [6.45, 7) is 3.97. The Bertz CT molecular complexity index is 370. The van der Waals surface area contributed by atoms with Crippen molar-refractivity contribution in [2.45, 2.75) is 20.0 Å². The summed E-state index contributed by atoms with van der Waals surface area (Å²) in [5.41, 5.74) is 11.1. The Labute approximate surface area is 82.8 Å². The topological polar surface area (TPSA) is 69.0 Å². The van der Waals surface area contributed by atoms with Crippen LogP contribution in [0.4, 0.5) is 0 Å². The Morgan fingerprint density at radius 2 is 2.21 bits per heavy atom. The number of azide groups is 1. The Morgan fingerprint density at radius 1 is 1.50 bits per heavy atom. The Morgan fingerprint density at radius 3 is 2.86 bits per heavy atom. The summed E-state index contributed by atoms with van der Waals surface area (Å²) in [7, 11) is 0. The summed E-state index contributed by atoms with van der Waals surface area (Å²) in [6, 6.07) is 5.84. The molecule has 4 nitrogen and oxygen atoms in total. The van der Waals surface area contributed by atoms with Crippen molar-refractivity contribution in [2.24, 2.45) is 5.11 Å². The first-order valence-corrected chi connectivity index (χ1v) is 4.41. The second-order valence-corrected chi connectivity index (χ2v) is 3.29. The standard InChI is InChI=1S/C10H13N3O/c1-7-3-4-8(2)9(5-7)10(14)6-12-13-11/h3-5,10,14H,6H2,1-2H3. The van der Waals surface area contributed by atoms with Crippen LogP contribution in [0.2, 0.25) is 0 Å². The minimum Gasteiger partial charge on any atom is -0.388 e. The van der Waals surface area contributed by atoms with Gasteiger partial charge < -0.3 is 5.11 Å². The molecule has 14 heavy (non-hydrogen) atoms. The van der Waals surface area contributed by atoms with Crippen molar-refractivity contribution in [3.05, 3.63) is 45.3 Å². The number of aliphatic hydroxyl groups is 1. The summed E-state index contributed by atoms with van der Waals surface area (Å²) >= 11 is 0. The Balaban J connectivity index is 2.93. The lowest BCUT2D eigenvalue weighted by Crippen LogP contribution is -2.03. The van der Waals surface area contributed by atoms with Crippen LogP contribution in [0.15, 0.2) is 23.3 Å². The Hall–Kier alpha value is -1.51. The van der Waals surface area contributed by atoms with E-state index in [1.165, 1.54) is 0 Å².